The lowest BCUT2D eigenvalue weighted by molar-refractivity contribution is -0.144. The van der Waals surface area contributed by atoms with E-state index in [1.54, 1.807) is 23.1 Å². The molecule has 1 atom stereocenters. The predicted octanol–water partition coefficient (Wildman–Crippen LogP) is 3.00. The molecule has 0 bridgehead atoms. The SMILES string of the molecule is NC(=O)C(OCC(=O)N1CCN(C(c2ccccc2)c2ccccc2)CC1)c1ccc(Cl)cc1-c1nn[nH]n1. The molecule has 5 rings (SSSR count). The van der Waals surface area contributed by atoms with Crippen molar-refractivity contribution in [1.29, 1.82) is 0 Å². The number of ether oxygens (including phenoxy) is 1. The number of aromatic amines is 1. The van der Waals surface area contributed by atoms with Crippen LogP contribution in [0.25, 0.3) is 11.4 Å². The Morgan fingerprint density at radius 2 is 1.59 bits per heavy atom. The van der Waals surface area contributed by atoms with Crippen LogP contribution in [-0.4, -0.2) is 75.0 Å². The van der Waals surface area contributed by atoms with Gasteiger partial charge in [-0.2, -0.15) is 5.21 Å². The number of amides is 2. The number of aromatic nitrogens is 4. The average molecular weight is 546 g/mol. The third-order valence-electron chi connectivity index (χ3n) is 6.78. The summed E-state index contributed by atoms with van der Waals surface area (Å²) in [7, 11) is 0. The molecule has 4 aromatic rings. The Morgan fingerprint density at radius 1 is 0.949 bits per heavy atom. The lowest BCUT2D eigenvalue weighted by Crippen LogP contribution is -2.50. The summed E-state index contributed by atoms with van der Waals surface area (Å²) < 4.78 is 5.79. The Kier molecular flexibility index (Phi) is 8.26. The molecule has 2 heterocycles. The van der Waals surface area contributed by atoms with Crippen molar-refractivity contribution >= 4 is 23.4 Å². The van der Waals surface area contributed by atoms with Crippen LogP contribution in [0.15, 0.2) is 78.9 Å². The standard InChI is InChI=1S/C28H28ClN7O3/c29-21-11-12-22(23(17-21)28-31-33-34-32-28)26(27(30)38)39-18-24(37)35-13-15-36(16-14-35)25(19-7-3-1-4-8-19)20-9-5-2-6-10-20/h1-12,17,25-26H,13-16,18H2,(H2,30,38)(H,31,32,33,34). The second-order valence-corrected chi connectivity index (χ2v) is 9.64. The Bertz CT molecular complexity index is 1360. The first kappa shape index (κ1) is 26.5. The van der Waals surface area contributed by atoms with E-state index in [-0.39, 0.29) is 24.4 Å². The molecule has 1 fully saturated rings. The van der Waals surface area contributed by atoms with E-state index in [9.17, 15) is 9.59 Å². The molecule has 0 spiro atoms. The average Bonchev–Trinajstić information content (AvgIpc) is 3.50. The number of carbonyl (C=O) groups excluding carboxylic acids is 2. The van der Waals surface area contributed by atoms with Crippen molar-refractivity contribution in [3.63, 3.8) is 0 Å². The minimum atomic E-state index is -1.19. The van der Waals surface area contributed by atoms with Crippen LogP contribution in [0.4, 0.5) is 0 Å². The van der Waals surface area contributed by atoms with E-state index >= 15 is 0 Å². The van der Waals surface area contributed by atoms with Crippen molar-refractivity contribution < 1.29 is 14.3 Å². The third kappa shape index (κ3) is 6.14. The van der Waals surface area contributed by atoms with Crippen molar-refractivity contribution in [2.24, 2.45) is 5.73 Å². The van der Waals surface area contributed by atoms with Crippen LogP contribution in [0.5, 0.6) is 0 Å². The van der Waals surface area contributed by atoms with Crippen LogP contribution in [-0.2, 0) is 14.3 Å². The summed E-state index contributed by atoms with van der Waals surface area (Å²) in [4.78, 5) is 29.6. The largest absolute Gasteiger partial charge is 0.367 e. The molecular formula is C28H28ClN7O3. The number of tetrazole rings is 1. The summed E-state index contributed by atoms with van der Waals surface area (Å²) in [5.41, 5.74) is 8.91. The van der Waals surface area contributed by atoms with E-state index in [4.69, 9.17) is 22.1 Å². The predicted molar refractivity (Wildman–Crippen MR) is 145 cm³/mol. The minimum absolute atomic E-state index is 0.0913. The van der Waals surface area contributed by atoms with Crippen molar-refractivity contribution in [2.75, 3.05) is 32.8 Å². The first-order chi connectivity index (χ1) is 19.0. The van der Waals surface area contributed by atoms with Gasteiger partial charge in [0.2, 0.25) is 11.7 Å². The summed E-state index contributed by atoms with van der Waals surface area (Å²) in [6.45, 7) is 2.16. The number of hydrogen-bond donors (Lipinski definition) is 2. The molecule has 1 unspecified atom stereocenters. The molecule has 1 aromatic heterocycles. The Balaban J connectivity index is 1.25. The number of carbonyl (C=O) groups is 2. The monoisotopic (exact) mass is 545 g/mol. The van der Waals surface area contributed by atoms with E-state index in [0.717, 1.165) is 0 Å². The highest BCUT2D eigenvalue weighted by molar-refractivity contribution is 6.30. The number of piperazine rings is 1. The second kappa shape index (κ2) is 12.2. The van der Waals surface area contributed by atoms with E-state index in [1.807, 2.05) is 36.4 Å². The molecule has 1 aliphatic heterocycles. The summed E-state index contributed by atoms with van der Waals surface area (Å²) in [5.74, 6) is -0.726. The molecule has 0 saturated carbocycles. The van der Waals surface area contributed by atoms with E-state index < -0.39 is 12.0 Å². The smallest absolute Gasteiger partial charge is 0.251 e. The number of H-pyrrole nitrogens is 1. The molecular weight excluding hydrogens is 518 g/mol. The Labute approximate surface area is 230 Å². The molecule has 2 amide bonds. The first-order valence-electron chi connectivity index (χ1n) is 12.6. The zero-order valence-electron chi connectivity index (χ0n) is 21.1. The number of nitrogens with one attached hydrogen (secondary N) is 1. The van der Waals surface area contributed by atoms with Gasteiger partial charge in [0.1, 0.15) is 6.61 Å². The van der Waals surface area contributed by atoms with Gasteiger partial charge in [-0.05, 0) is 28.5 Å². The number of benzene rings is 3. The summed E-state index contributed by atoms with van der Waals surface area (Å²) in [6.07, 6.45) is -1.19. The highest BCUT2D eigenvalue weighted by Crippen LogP contribution is 2.31. The fourth-order valence-electron chi connectivity index (χ4n) is 4.91. The van der Waals surface area contributed by atoms with Crippen LogP contribution >= 0.6 is 11.6 Å². The number of nitrogens with zero attached hydrogens (tertiary/aromatic N) is 5. The maximum atomic E-state index is 13.1. The number of primary amides is 1. The van der Waals surface area contributed by atoms with Gasteiger partial charge in [0.15, 0.2) is 6.10 Å². The van der Waals surface area contributed by atoms with Crippen LogP contribution in [0.3, 0.4) is 0 Å². The van der Waals surface area contributed by atoms with Gasteiger partial charge in [-0.15, -0.1) is 10.2 Å². The quantitative estimate of drug-likeness (QED) is 0.330. The number of halogens is 1. The van der Waals surface area contributed by atoms with Gasteiger partial charge in [0.05, 0.1) is 6.04 Å². The van der Waals surface area contributed by atoms with Crippen LogP contribution in [0, 0.1) is 0 Å². The molecule has 200 valence electrons. The van der Waals surface area contributed by atoms with Gasteiger partial charge in [-0.3, -0.25) is 14.5 Å². The zero-order valence-corrected chi connectivity index (χ0v) is 21.9. The van der Waals surface area contributed by atoms with Crippen LogP contribution in [0.1, 0.15) is 28.8 Å². The maximum Gasteiger partial charge on any atom is 0.251 e. The third-order valence-corrected chi connectivity index (χ3v) is 7.01. The molecule has 1 aliphatic rings. The van der Waals surface area contributed by atoms with Gasteiger partial charge in [0.25, 0.3) is 5.91 Å². The molecule has 11 heteroatoms. The fourth-order valence-corrected chi connectivity index (χ4v) is 5.08. The van der Waals surface area contributed by atoms with Gasteiger partial charge in [-0.25, -0.2) is 0 Å². The topological polar surface area (TPSA) is 130 Å². The van der Waals surface area contributed by atoms with Crippen LogP contribution in [0.2, 0.25) is 5.02 Å². The van der Waals surface area contributed by atoms with Crippen molar-refractivity contribution in [3.8, 4) is 11.4 Å². The van der Waals surface area contributed by atoms with Crippen molar-refractivity contribution in [1.82, 2.24) is 30.4 Å². The maximum absolute atomic E-state index is 13.1. The highest BCUT2D eigenvalue weighted by Gasteiger charge is 2.30. The molecule has 3 N–H and O–H groups in total. The lowest BCUT2D eigenvalue weighted by Gasteiger charge is -2.39. The van der Waals surface area contributed by atoms with E-state index in [1.165, 1.54) is 11.1 Å². The minimum Gasteiger partial charge on any atom is -0.367 e. The lowest BCUT2D eigenvalue weighted by atomic mass is 9.96. The normalized spacial score (nSPS) is 14.9. The van der Waals surface area contributed by atoms with Gasteiger partial charge in [-0.1, -0.05) is 78.3 Å². The zero-order chi connectivity index (χ0) is 27.2. The molecule has 1 saturated heterocycles. The highest BCUT2D eigenvalue weighted by atomic mass is 35.5. The molecule has 0 radical (unpaired) electrons. The van der Waals surface area contributed by atoms with Crippen molar-refractivity contribution in [3.05, 3.63) is 101 Å². The second-order valence-electron chi connectivity index (χ2n) is 9.20. The number of hydrogen-bond acceptors (Lipinski definition) is 7. The van der Waals surface area contributed by atoms with Gasteiger partial charge < -0.3 is 15.4 Å². The van der Waals surface area contributed by atoms with Crippen LogP contribution < -0.4 is 5.73 Å². The molecule has 10 nitrogen and oxygen atoms in total. The Morgan fingerprint density at radius 3 is 2.15 bits per heavy atom. The van der Waals surface area contributed by atoms with Gasteiger partial charge >= 0.3 is 0 Å². The molecule has 3 aromatic carbocycles. The summed E-state index contributed by atoms with van der Waals surface area (Å²) >= 11 is 6.15. The number of nitrogens with two attached hydrogens (primary N) is 1. The molecule has 0 aliphatic carbocycles. The number of rotatable bonds is 9. The summed E-state index contributed by atoms with van der Waals surface area (Å²) in [5, 5.41) is 14.3. The first-order valence-corrected chi connectivity index (χ1v) is 12.9. The summed E-state index contributed by atoms with van der Waals surface area (Å²) in [6, 6.07) is 25.6. The molecule has 39 heavy (non-hydrogen) atoms. The fraction of sp³-hybridized carbons (Fsp3) is 0.250. The van der Waals surface area contributed by atoms with E-state index in [0.29, 0.717) is 42.3 Å². The van der Waals surface area contributed by atoms with E-state index in [2.05, 4.69) is 49.8 Å². The van der Waals surface area contributed by atoms with Gasteiger partial charge in [0, 0.05) is 42.3 Å². The Hall–Kier alpha value is -4.12. The van der Waals surface area contributed by atoms with Crippen molar-refractivity contribution in [2.45, 2.75) is 12.1 Å².